The first-order chi connectivity index (χ1) is 33.1. The summed E-state index contributed by atoms with van der Waals surface area (Å²) >= 11 is 0. The van der Waals surface area contributed by atoms with Crippen LogP contribution >= 0.6 is 0 Å². The third-order valence-electron chi connectivity index (χ3n) is 21.0. The molecule has 12 unspecified atom stereocenters. The molecule has 19 bridgehead atoms. The number of rotatable bonds is 3. The van der Waals surface area contributed by atoms with Gasteiger partial charge in [-0.15, -0.1) is 0 Å². The molecule has 19 rings (SSSR count). The van der Waals surface area contributed by atoms with Gasteiger partial charge in [-0.1, -0.05) is 96.8 Å². The molecule has 3 aromatic rings. The van der Waals surface area contributed by atoms with Crippen LogP contribution in [0.25, 0.3) is 0 Å². The number of hydrogen-bond acceptors (Lipinski definition) is 7. The average molecular weight is 906 g/mol. The second-order valence-corrected chi connectivity index (χ2v) is 24.4. The van der Waals surface area contributed by atoms with Crippen molar-refractivity contribution >= 4 is 11.9 Å². The molecule has 3 aromatic carbocycles. The number of nitrogens with two attached hydrogens (primary N) is 1. The molecule has 7 heteroatoms. The fourth-order valence-corrected chi connectivity index (χ4v) is 18.9. The molecule has 11 heterocycles. The second-order valence-electron chi connectivity index (χ2n) is 24.4. The molecule has 5 aliphatic carbocycles. The van der Waals surface area contributed by atoms with Gasteiger partial charge in [-0.2, -0.15) is 0 Å². The minimum Gasteiger partial charge on any atom is -0.449 e. The summed E-state index contributed by atoms with van der Waals surface area (Å²) < 4.78 is 14.4. The first-order valence-corrected chi connectivity index (χ1v) is 27.0. The van der Waals surface area contributed by atoms with E-state index in [1.807, 2.05) is 0 Å². The number of allylic oxidation sites excluding steroid dienone is 4. The van der Waals surface area contributed by atoms with Gasteiger partial charge >= 0.3 is 11.9 Å². The third-order valence-corrected chi connectivity index (χ3v) is 21.0. The molecule has 11 aliphatic heterocycles. The molecule has 3 saturated heterocycles. The highest BCUT2D eigenvalue weighted by Crippen LogP contribution is 2.87. The largest absolute Gasteiger partial charge is 0.449 e. The normalized spacial score (nSPS) is 39.7. The molecular formula is C61H67N3O4. The van der Waals surface area contributed by atoms with E-state index < -0.39 is 16.4 Å². The van der Waals surface area contributed by atoms with Gasteiger partial charge in [0.05, 0.1) is 11.0 Å². The van der Waals surface area contributed by atoms with Gasteiger partial charge in [-0.3, -0.25) is 9.69 Å². The van der Waals surface area contributed by atoms with Gasteiger partial charge in [0.2, 0.25) is 0 Å². The van der Waals surface area contributed by atoms with Crippen molar-refractivity contribution in [1.82, 2.24) is 9.80 Å². The smallest absolute Gasteiger partial charge is 0.339 e. The fourth-order valence-electron chi connectivity index (χ4n) is 18.9. The number of esters is 2. The monoisotopic (exact) mass is 906 g/mol. The predicted molar refractivity (Wildman–Crippen MR) is 262 cm³/mol. The maximum atomic E-state index is 16.2. The Morgan fingerprint density at radius 1 is 0.882 bits per heavy atom. The minimum absolute atomic E-state index is 0.0922. The summed E-state index contributed by atoms with van der Waals surface area (Å²) in [6.07, 6.45) is 20.3. The Bertz CT molecular complexity index is 2890. The Labute approximate surface area is 402 Å². The molecule has 68 heavy (non-hydrogen) atoms. The second kappa shape index (κ2) is 14.2. The topological polar surface area (TPSA) is 85.1 Å². The van der Waals surface area contributed by atoms with Gasteiger partial charge < -0.3 is 20.1 Å². The number of piperidine rings is 2. The number of carbonyl (C=O) groups excluding carboxylic acids is 2. The van der Waals surface area contributed by atoms with E-state index >= 15 is 4.79 Å². The number of ether oxygens (including phenoxy) is 2. The highest BCUT2D eigenvalue weighted by Gasteiger charge is 2.92. The van der Waals surface area contributed by atoms with E-state index in [0.29, 0.717) is 30.3 Å². The molecule has 350 valence electrons. The lowest BCUT2D eigenvalue weighted by Crippen LogP contribution is -2.77. The van der Waals surface area contributed by atoms with Crippen molar-refractivity contribution in [2.75, 3.05) is 26.2 Å². The van der Waals surface area contributed by atoms with Crippen LogP contribution in [-0.2, 0) is 52.0 Å². The van der Waals surface area contributed by atoms with E-state index in [1.165, 1.54) is 63.8 Å². The van der Waals surface area contributed by atoms with E-state index in [9.17, 15) is 4.79 Å². The van der Waals surface area contributed by atoms with E-state index in [4.69, 9.17) is 15.2 Å². The zero-order valence-electron chi connectivity index (χ0n) is 40.2. The number of aryl methyl sites for hydroxylation is 2. The van der Waals surface area contributed by atoms with Crippen molar-refractivity contribution in [3.63, 3.8) is 0 Å². The Kier molecular flexibility index (Phi) is 8.59. The number of hydrogen-bond donors (Lipinski definition) is 1. The summed E-state index contributed by atoms with van der Waals surface area (Å²) in [6, 6.07) is 24.6. The van der Waals surface area contributed by atoms with Crippen LogP contribution in [0.5, 0.6) is 0 Å². The van der Waals surface area contributed by atoms with Crippen molar-refractivity contribution in [3.05, 3.63) is 151 Å². The fraction of sp³-hybridized carbons (Fsp3) is 0.541. The Morgan fingerprint density at radius 3 is 2.59 bits per heavy atom. The van der Waals surface area contributed by atoms with E-state index in [1.54, 1.807) is 11.3 Å². The van der Waals surface area contributed by atoms with Crippen LogP contribution in [-0.4, -0.2) is 60.0 Å². The lowest BCUT2D eigenvalue weighted by Gasteiger charge is -2.71. The molecule has 4 spiro atoms. The minimum atomic E-state index is -1.02. The Balaban J connectivity index is 1.05. The zero-order valence-corrected chi connectivity index (χ0v) is 40.2. The molecule has 16 aliphatic rings. The number of benzene rings is 3. The highest BCUT2D eigenvalue weighted by atomic mass is 16.6. The highest BCUT2D eigenvalue weighted by molar-refractivity contribution is 6.00. The van der Waals surface area contributed by atoms with Gasteiger partial charge in [0, 0.05) is 60.2 Å². The van der Waals surface area contributed by atoms with Crippen LogP contribution in [0.4, 0.5) is 0 Å². The Hall–Kier alpha value is -4.72. The third kappa shape index (κ3) is 5.08. The number of carbonyl (C=O) groups is 2. The summed E-state index contributed by atoms with van der Waals surface area (Å²) in [5.41, 5.74) is 20.9. The molecule has 4 fully saturated rings. The van der Waals surface area contributed by atoms with Crippen molar-refractivity contribution in [1.29, 1.82) is 0 Å². The van der Waals surface area contributed by atoms with Gasteiger partial charge in [0.15, 0.2) is 5.60 Å². The van der Waals surface area contributed by atoms with Crippen molar-refractivity contribution in [2.45, 2.75) is 134 Å². The van der Waals surface area contributed by atoms with Crippen molar-refractivity contribution < 1.29 is 19.1 Å². The van der Waals surface area contributed by atoms with Crippen LogP contribution in [0.3, 0.4) is 0 Å². The summed E-state index contributed by atoms with van der Waals surface area (Å²) in [5, 5.41) is 0. The molecule has 0 amide bonds. The van der Waals surface area contributed by atoms with Gasteiger partial charge in [-0.05, 0) is 173 Å². The molecular weight excluding hydrogens is 839 g/mol. The summed E-state index contributed by atoms with van der Waals surface area (Å²) in [6.45, 7) is 8.83. The quantitative estimate of drug-likeness (QED) is 0.262. The molecule has 0 aromatic heterocycles. The molecule has 1 saturated carbocycles. The molecule has 7 nitrogen and oxygen atoms in total. The van der Waals surface area contributed by atoms with Crippen LogP contribution in [0.2, 0.25) is 0 Å². The maximum absolute atomic E-state index is 16.2. The van der Waals surface area contributed by atoms with Gasteiger partial charge in [0.25, 0.3) is 0 Å². The van der Waals surface area contributed by atoms with Crippen LogP contribution in [0.1, 0.15) is 134 Å². The maximum Gasteiger partial charge on any atom is 0.339 e. The van der Waals surface area contributed by atoms with Crippen LogP contribution in [0.15, 0.2) is 107 Å². The summed E-state index contributed by atoms with van der Waals surface area (Å²) in [7, 11) is 0. The Morgan fingerprint density at radius 2 is 1.72 bits per heavy atom. The van der Waals surface area contributed by atoms with Gasteiger partial charge in [-0.25, -0.2) is 4.79 Å². The SMILES string of the molecule is CC1CC2=C3C4C5=C6C=C(Cc7cc8cc(c7)Cc7ccc(cc7)CC79CC(CN(C7)C(C)CC=C7OC(=O)C6%10C(CCCC8)C6(OC(=O)c8c(CCCN)cccc86)C7%10CC5)C(CC2)N3C9)C14. The molecule has 12 atom stereocenters. The number of fused-ring (bicyclic) bond motifs is 6. The molecule has 2 N–H and O–H groups in total. The lowest BCUT2D eigenvalue weighted by molar-refractivity contribution is -0.275. The first-order valence-electron chi connectivity index (χ1n) is 27.0. The van der Waals surface area contributed by atoms with Gasteiger partial charge in [0.1, 0.15) is 11.2 Å². The summed E-state index contributed by atoms with van der Waals surface area (Å²) in [4.78, 5) is 37.1. The molecule has 0 radical (unpaired) electrons. The number of nitrogens with zero attached hydrogens (tertiary/aromatic N) is 2. The van der Waals surface area contributed by atoms with Crippen molar-refractivity contribution in [2.24, 2.45) is 51.6 Å². The average Bonchev–Trinajstić information content (AvgIpc) is 3.77. The van der Waals surface area contributed by atoms with Crippen LogP contribution in [0, 0.1) is 45.8 Å². The van der Waals surface area contributed by atoms with E-state index in [-0.39, 0.29) is 35.2 Å². The van der Waals surface area contributed by atoms with E-state index in [2.05, 4.69) is 96.5 Å². The van der Waals surface area contributed by atoms with Crippen LogP contribution < -0.4 is 5.73 Å². The zero-order chi connectivity index (χ0) is 45.5. The standard InChI is InChI=1S/C61H67N3O4/c1-35-23-43-17-18-49-45-31-58-30-38-15-13-37(14-16-38)24-40-25-39-7-3-4-11-50-60-48-29-44(28-41(26-39)27-40)52(35)54(55(43)64(49)34-58)46(48)20-21-59(60,51(67-57(60)66)19-12-36(2)63(32-45)33-58)61(50)47-10-5-8-42(9-6-22-62)53(47)56(65)68-61/h5,8,10,13-16,19,25-27,29,35-36,45,49-50,52,54H,3-4,6-7,9,11-12,17-18,20-24,28,30-34,62H2,1-2H3. The summed E-state index contributed by atoms with van der Waals surface area (Å²) in [5.74, 6) is 1.85. The first kappa shape index (κ1) is 41.1. The lowest BCUT2D eigenvalue weighted by atomic mass is 9.29. The van der Waals surface area contributed by atoms with Crippen molar-refractivity contribution in [3.8, 4) is 0 Å². The van der Waals surface area contributed by atoms with E-state index in [0.717, 1.165) is 126 Å². The predicted octanol–water partition coefficient (Wildman–Crippen LogP) is 10.2.